The zero-order valence-corrected chi connectivity index (χ0v) is 18.2. The van der Waals surface area contributed by atoms with Crippen LogP contribution in [0.3, 0.4) is 0 Å². The molecule has 0 spiro atoms. The quantitative estimate of drug-likeness (QED) is 0.607. The summed E-state index contributed by atoms with van der Waals surface area (Å²) in [6.45, 7) is 7.15. The maximum absolute atomic E-state index is 6.09. The second kappa shape index (κ2) is 10.1. The van der Waals surface area contributed by atoms with Gasteiger partial charge in [-0.15, -0.1) is 0 Å². The van der Waals surface area contributed by atoms with Gasteiger partial charge in [0.1, 0.15) is 0 Å². The van der Waals surface area contributed by atoms with Crippen LogP contribution in [0.5, 0.6) is 11.5 Å². The SMILES string of the molecule is COc1ccc(CNCC[C@@]2(c3ccccc3)CCO[C@@H](C(C)C)C2)cc1OC. The molecular weight excluding hydrogens is 362 g/mol. The van der Waals surface area contributed by atoms with Crippen LogP contribution in [0.15, 0.2) is 48.5 Å². The molecule has 2 aromatic rings. The second-order valence-corrected chi connectivity index (χ2v) is 8.37. The fourth-order valence-electron chi connectivity index (χ4n) is 4.36. The first kappa shape index (κ1) is 21.7. The molecule has 4 heteroatoms. The van der Waals surface area contributed by atoms with Gasteiger partial charge in [0, 0.05) is 18.6 Å². The molecule has 29 heavy (non-hydrogen) atoms. The molecule has 0 aromatic heterocycles. The molecule has 3 rings (SSSR count). The van der Waals surface area contributed by atoms with E-state index >= 15 is 0 Å². The van der Waals surface area contributed by atoms with Crippen molar-refractivity contribution in [2.24, 2.45) is 5.92 Å². The lowest BCUT2D eigenvalue weighted by molar-refractivity contribution is -0.0469. The Hall–Kier alpha value is -2.04. The summed E-state index contributed by atoms with van der Waals surface area (Å²) in [5, 5.41) is 3.64. The number of rotatable bonds is 9. The molecule has 0 radical (unpaired) electrons. The predicted molar refractivity (Wildman–Crippen MR) is 118 cm³/mol. The summed E-state index contributed by atoms with van der Waals surface area (Å²) < 4.78 is 16.8. The molecule has 1 fully saturated rings. The summed E-state index contributed by atoms with van der Waals surface area (Å²) in [4.78, 5) is 0. The van der Waals surface area contributed by atoms with Crippen LogP contribution in [-0.4, -0.2) is 33.5 Å². The van der Waals surface area contributed by atoms with Crippen molar-refractivity contribution in [2.75, 3.05) is 27.4 Å². The molecule has 0 amide bonds. The monoisotopic (exact) mass is 397 g/mol. The average molecular weight is 398 g/mol. The maximum Gasteiger partial charge on any atom is 0.161 e. The van der Waals surface area contributed by atoms with Crippen molar-refractivity contribution in [3.63, 3.8) is 0 Å². The summed E-state index contributed by atoms with van der Waals surface area (Å²) >= 11 is 0. The Morgan fingerprint density at radius 1 is 1.07 bits per heavy atom. The van der Waals surface area contributed by atoms with Gasteiger partial charge in [0.25, 0.3) is 0 Å². The van der Waals surface area contributed by atoms with Gasteiger partial charge >= 0.3 is 0 Å². The van der Waals surface area contributed by atoms with E-state index in [1.807, 2.05) is 12.1 Å². The van der Waals surface area contributed by atoms with Gasteiger partial charge < -0.3 is 19.5 Å². The number of hydrogen-bond acceptors (Lipinski definition) is 4. The van der Waals surface area contributed by atoms with Crippen LogP contribution < -0.4 is 14.8 Å². The van der Waals surface area contributed by atoms with Crippen LogP contribution in [0.4, 0.5) is 0 Å². The van der Waals surface area contributed by atoms with Crippen molar-refractivity contribution in [1.82, 2.24) is 5.32 Å². The van der Waals surface area contributed by atoms with E-state index in [9.17, 15) is 0 Å². The van der Waals surface area contributed by atoms with Crippen molar-refractivity contribution in [3.8, 4) is 11.5 Å². The number of hydrogen-bond donors (Lipinski definition) is 1. The molecular formula is C25H35NO3. The molecule has 1 N–H and O–H groups in total. The summed E-state index contributed by atoms with van der Waals surface area (Å²) in [5.74, 6) is 2.08. The summed E-state index contributed by atoms with van der Waals surface area (Å²) in [7, 11) is 3.34. The minimum absolute atomic E-state index is 0.180. The summed E-state index contributed by atoms with van der Waals surface area (Å²) in [5.41, 5.74) is 2.82. The Morgan fingerprint density at radius 2 is 1.83 bits per heavy atom. The van der Waals surface area contributed by atoms with Crippen LogP contribution in [0.25, 0.3) is 0 Å². The first-order valence-electron chi connectivity index (χ1n) is 10.7. The molecule has 0 bridgehead atoms. The molecule has 158 valence electrons. The highest BCUT2D eigenvalue weighted by Gasteiger charge is 2.38. The van der Waals surface area contributed by atoms with Gasteiger partial charge in [-0.25, -0.2) is 0 Å². The Morgan fingerprint density at radius 3 is 2.52 bits per heavy atom. The van der Waals surface area contributed by atoms with E-state index in [2.05, 4.69) is 55.6 Å². The van der Waals surface area contributed by atoms with Crippen molar-refractivity contribution < 1.29 is 14.2 Å². The van der Waals surface area contributed by atoms with Crippen molar-refractivity contribution >= 4 is 0 Å². The van der Waals surface area contributed by atoms with Gasteiger partial charge in [-0.1, -0.05) is 50.2 Å². The Balaban J connectivity index is 1.65. The third-order valence-electron chi connectivity index (χ3n) is 6.19. The van der Waals surface area contributed by atoms with Gasteiger partial charge in [0.05, 0.1) is 20.3 Å². The topological polar surface area (TPSA) is 39.7 Å². The lowest BCUT2D eigenvalue weighted by Crippen LogP contribution is -2.42. The zero-order valence-electron chi connectivity index (χ0n) is 18.2. The lowest BCUT2D eigenvalue weighted by Gasteiger charge is -2.43. The smallest absolute Gasteiger partial charge is 0.161 e. The minimum atomic E-state index is 0.180. The molecule has 2 atom stereocenters. The predicted octanol–water partition coefficient (Wildman–Crippen LogP) is 4.96. The summed E-state index contributed by atoms with van der Waals surface area (Å²) in [6.07, 6.45) is 3.61. The lowest BCUT2D eigenvalue weighted by atomic mass is 9.68. The van der Waals surface area contributed by atoms with Gasteiger partial charge in [0.2, 0.25) is 0 Å². The second-order valence-electron chi connectivity index (χ2n) is 8.37. The van der Waals surface area contributed by atoms with Crippen molar-refractivity contribution in [2.45, 2.75) is 51.2 Å². The van der Waals surface area contributed by atoms with Gasteiger partial charge in [-0.3, -0.25) is 0 Å². The highest BCUT2D eigenvalue weighted by Crippen LogP contribution is 2.41. The molecule has 0 saturated carbocycles. The first-order chi connectivity index (χ1) is 14.1. The largest absolute Gasteiger partial charge is 0.493 e. The minimum Gasteiger partial charge on any atom is -0.493 e. The van der Waals surface area contributed by atoms with Crippen LogP contribution in [-0.2, 0) is 16.7 Å². The molecule has 4 nitrogen and oxygen atoms in total. The standard InChI is InChI=1S/C25H35NO3/c1-19(2)24-17-25(13-15-29-24,21-8-6-5-7-9-21)12-14-26-18-20-10-11-22(27-3)23(16-20)28-4/h5-11,16,19,24,26H,12-15,17-18H2,1-4H3/t24-,25-/m1/s1. The van der Waals surface area contributed by atoms with Crippen LogP contribution in [0, 0.1) is 5.92 Å². The van der Waals surface area contributed by atoms with E-state index in [1.54, 1.807) is 14.2 Å². The summed E-state index contributed by atoms with van der Waals surface area (Å²) in [6, 6.07) is 17.1. The fraction of sp³-hybridized carbons (Fsp3) is 0.520. The average Bonchev–Trinajstić information content (AvgIpc) is 2.77. The maximum atomic E-state index is 6.09. The van der Waals surface area contributed by atoms with E-state index < -0.39 is 0 Å². The van der Waals surface area contributed by atoms with E-state index in [-0.39, 0.29) is 5.41 Å². The molecule has 1 saturated heterocycles. The van der Waals surface area contributed by atoms with Crippen LogP contribution in [0.1, 0.15) is 44.2 Å². The van der Waals surface area contributed by atoms with Crippen LogP contribution >= 0.6 is 0 Å². The Labute approximate surface area is 175 Å². The van der Waals surface area contributed by atoms with Crippen molar-refractivity contribution in [3.05, 3.63) is 59.7 Å². The van der Waals surface area contributed by atoms with E-state index in [4.69, 9.17) is 14.2 Å². The Bertz CT molecular complexity index is 762. The number of benzene rings is 2. The Kier molecular flexibility index (Phi) is 7.57. The highest BCUT2D eigenvalue weighted by atomic mass is 16.5. The normalized spacial score (nSPS) is 21.9. The highest BCUT2D eigenvalue weighted by molar-refractivity contribution is 5.42. The molecule has 1 heterocycles. The molecule has 2 aromatic carbocycles. The van der Waals surface area contributed by atoms with Crippen LogP contribution in [0.2, 0.25) is 0 Å². The first-order valence-corrected chi connectivity index (χ1v) is 10.7. The number of nitrogens with one attached hydrogen (secondary N) is 1. The van der Waals surface area contributed by atoms with Crippen molar-refractivity contribution in [1.29, 1.82) is 0 Å². The van der Waals surface area contributed by atoms with E-state index in [0.29, 0.717) is 12.0 Å². The van der Waals surface area contributed by atoms with E-state index in [0.717, 1.165) is 50.5 Å². The third-order valence-corrected chi connectivity index (χ3v) is 6.19. The van der Waals surface area contributed by atoms with Gasteiger partial charge in [-0.2, -0.15) is 0 Å². The van der Waals surface area contributed by atoms with Gasteiger partial charge in [0.15, 0.2) is 11.5 Å². The number of methoxy groups -OCH3 is 2. The van der Waals surface area contributed by atoms with Gasteiger partial charge in [-0.05, 0) is 55.0 Å². The van der Waals surface area contributed by atoms with E-state index in [1.165, 1.54) is 11.1 Å². The molecule has 1 aliphatic heterocycles. The fourth-order valence-corrected chi connectivity index (χ4v) is 4.36. The third kappa shape index (κ3) is 5.31. The molecule has 1 aliphatic rings. The zero-order chi connectivity index (χ0) is 20.7. The molecule has 0 aliphatic carbocycles. The molecule has 0 unspecified atom stereocenters. The number of ether oxygens (including phenoxy) is 3.